The van der Waals surface area contributed by atoms with Gasteiger partial charge >= 0.3 is 0 Å². The van der Waals surface area contributed by atoms with Crippen molar-refractivity contribution in [2.24, 2.45) is 0 Å². The Kier molecular flexibility index (Phi) is 5.03. The van der Waals surface area contributed by atoms with Crippen LogP contribution in [0.2, 0.25) is 0 Å². The molecule has 0 unspecified atom stereocenters. The molecule has 0 saturated heterocycles. The van der Waals surface area contributed by atoms with Crippen molar-refractivity contribution in [3.8, 4) is 0 Å². The Hall–Kier alpha value is -0.500. The van der Waals surface area contributed by atoms with Gasteiger partial charge < -0.3 is 9.64 Å². The van der Waals surface area contributed by atoms with Crippen LogP contribution in [-0.4, -0.2) is 31.2 Å². The van der Waals surface area contributed by atoms with Crippen LogP contribution in [0.5, 0.6) is 0 Å². The molecule has 0 bridgehead atoms. The first-order valence-electron chi connectivity index (χ1n) is 3.59. The number of nitrogens with zero attached hydrogens (tertiary/aromatic N) is 1. The van der Waals surface area contributed by atoms with Crippen molar-refractivity contribution in [2.75, 3.05) is 20.3 Å². The van der Waals surface area contributed by atoms with Gasteiger partial charge in [-0.1, -0.05) is 6.58 Å². The number of hydrogen-bond acceptors (Lipinski definition) is 2. The van der Waals surface area contributed by atoms with Gasteiger partial charge in [-0.3, -0.25) is 0 Å². The van der Waals surface area contributed by atoms with Crippen LogP contribution in [-0.2, 0) is 4.74 Å². The lowest BCUT2D eigenvalue weighted by atomic mass is 10.3. The minimum atomic E-state index is 0.521. The lowest BCUT2D eigenvalue weighted by Gasteiger charge is -2.23. The molecule has 0 aliphatic heterocycles. The molecule has 10 heavy (non-hydrogen) atoms. The van der Waals surface area contributed by atoms with Crippen molar-refractivity contribution in [3.63, 3.8) is 0 Å². The molecule has 0 atom stereocenters. The quantitative estimate of drug-likeness (QED) is 0.578. The Balaban J connectivity index is 3.50. The molecule has 0 aromatic rings. The lowest BCUT2D eigenvalue weighted by molar-refractivity contribution is 0.158. The van der Waals surface area contributed by atoms with Crippen LogP contribution in [0.1, 0.15) is 13.8 Å². The van der Waals surface area contributed by atoms with Crippen molar-refractivity contribution in [2.45, 2.75) is 19.9 Å². The first-order valence-corrected chi connectivity index (χ1v) is 3.59. The van der Waals surface area contributed by atoms with Crippen LogP contribution in [0.15, 0.2) is 12.8 Å². The Morgan fingerprint density at radius 1 is 1.60 bits per heavy atom. The highest BCUT2D eigenvalue weighted by Gasteiger charge is 2.00. The van der Waals surface area contributed by atoms with Crippen molar-refractivity contribution < 1.29 is 4.74 Å². The summed E-state index contributed by atoms with van der Waals surface area (Å²) in [6, 6.07) is 0.521. The predicted molar refractivity (Wildman–Crippen MR) is 43.9 cm³/mol. The average molecular weight is 143 g/mol. The van der Waals surface area contributed by atoms with Crippen LogP contribution < -0.4 is 0 Å². The van der Waals surface area contributed by atoms with Crippen molar-refractivity contribution >= 4 is 0 Å². The Morgan fingerprint density at radius 3 is 2.50 bits per heavy atom. The zero-order valence-corrected chi connectivity index (χ0v) is 7.13. The summed E-state index contributed by atoms with van der Waals surface area (Å²) in [5.74, 6) is 0. The summed E-state index contributed by atoms with van der Waals surface area (Å²) in [5, 5.41) is 0. The van der Waals surface area contributed by atoms with Gasteiger partial charge in [-0.25, -0.2) is 0 Å². The van der Waals surface area contributed by atoms with E-state index in [4.69, 9.17) is 4.74 Å². The summed E-state index contributed by atoms with van der Waals surface area (Å²) in [6.07, 6.45) is 1.85. The first-order chi connectivity index (χ1) is 4.72. The molecular weight excluding hydrogens is 126 g/mol. The second kappa shape index (κ2) is 5.30. The summed E-state index contributed by atoms with van der Waals surface area (Å²) < 4.78 is 4.93. The molecule has 0 rings (SSSR count). The molecule has 0 aromatic carbocycles. The highest BCUT2D eigenvalue weighted by Crippen LogP contribution is 1.96. The smallest absolute Gasteiger partial charge is 0.0637 e. The van der Waals surface area contributed by atoms with E-state index in [9.17, 15) is 0 Å². The Morgan fingerprint density at radius 2 is 2.20 bits per heavy atom. The van der Waals surface area contributed by atoms with E-state index in [-0.39, 0.29) is 0 Å². The van der Waals surface area contributed by atoms with Gasteiger partial charge in [0.05, 0.1) is 6.61 Å². The van der Waals surface area contributed by atoms with Crippen LogP contribution in [0.4, 0.5) is 0 Å². The summed E-state index contributed by atoms with van der Waals surface area (Å²) in [4.78, 5) is 2.14. The molecule has 0 heterocycles. The lowest BCUT2D eigenvalue weighted by Crippen LogP contribution is -2.28. The van der Waals surface area contributed by atoms with E-state index in [0.29, 0.717) is 6.04 Å². The summed E-state index contributed by atoms with van der Waals surface area (Å²) in [7, 11) is 1.71. The minimum absolute atomic E-state index is 0.521. The monoisotopic (exact) mass is 143 g/mol. The Labute approximate surface area is 63.5 Å². The predicted octanol–water partition coefficient (Wildman–Crippen LogP) is 1.49. The van der Waals surface area contributed by atoms with Crippen molar-refractivity contribution in [1.29, 1.82) is 0 Å². The second-order valence-corrected chi connectivity index (χ2v) is 2.51. The SMILES string of the molecule is C=CN(CCOC)C(C)C. The topological polar surface area (TPSA) is 12.5 Å². The number of methoxy groups -OCH3 is 1. The molecule has 2 heteroatoms. The van der Waals surface area contributed by atoms with Gasteiger partial charge in [-0.2, -0.15) is 0 Å². The van der Waals surface area contributed by atoms with Crippen molar-refractivity contribution in [3.05, 3.63) is 12.8 Å². The molecule has 0 aliphatic carbocycles. The zero-order valence-electron chi connectivity index (χ0n) is 7.13. The molecule has 2 nitrogen and oxygen atoms in total. The third-order valence-electron chi connectivity index (χ3n) is 1.45. The van der Waals surface area contributed by atoms with Crippen LogP contribution in [0.3, 0.4) is 0 Å². The molecular formula is C8H17NO. The largest absolute Gasteiger partial charge is 0.383 e. The molecule has 0 amide bonds. The van der Waals surface area contributed by atoms with E-state index in [1.807, 2.05) is 6.20 Å². The molecule has 0 radical (unpaired) electrons. The maximum atomic E-state index is 4.93. The fourth-order valence-electron chi connectivity index (χ4n) is 0.757. The minimum Gasteiger partial charge on any atom is -0.383 e. The molecule has 0 saturated carbocycles. The fraction of sp³-hybridized carbons (Fsp3) is 0.750. The third-order valence-corrected chi connectivity index (χ3v) is 1.45. The van der Waals surface area contributed by atoms with E-state index in [2.05, 4.69) is 25.3 Å². The summed E-state index contributed by atoms with van der Waals surface area (Å²) >= 11 is 0. The molecule has 0 aromatic heterocycles. The van der Waals surface area contributed by atoms with Crippen LogP contribution >= 0.6 is 0 Å². The van der Waals surface area contributed by atoms with Gasteiger partial charge in [0.1, 0.15) is 0 Å². The van der Waals surface area contributed by atoms with Gasteiger partial charge in [0, 0.05) is 19.7 Å². The molecule has 0 N–H and O–H groups in total. The van der Waals surface area contributed by atoms with Crippen molar-refractivity contribution in [1.82, 2.24) is 4.90 Å². The van der Waals surface area contributed by atoms with Crippen LogP contribution in [0, 0.1) is 0 Å². The van der Waals surface area contributed by atoms with Gasteiger partial charge in [-0.05, 0) is 20.0 Å². The highest BCUT2D eigenvalue weighted by molar-refractivity contribution is 4.73. The third kappa shape index (κ3) is 3.51. The molecule has 60 valence electrons. The van der Waals surface area contributed by atoms with Gasteiger partial charge in [0.2, 0.25) is 0 Å². The standard InChI is InChI=1S/C8H17NO/c1-5-9(8(2)3)6-7-10-4/h5,8H,1,6-7H2,2-4H3. The van der Waals surface area contributed by atoms with E-state index < -0.39 is 0 Å². The van der Waals surface area contributed by atoms with Gasteiger partial charge in [0.15, 0.2) is 0 Å². The van der Waals surface area contributed by atoms with E-state index in [1.54, 1.807) is 7.11 Å². The van der Waals surface area contributed by atoms with Gasteiger partial charge in [-0.15, -0.1) is 0 Å². The summed E-state index contributed by atoms with van der Waals surface area (Å²) in [6.45, 7) is 9.67. The van der Waals surface area contributed by atoms with Gasteiger partial charge in [0.25, 0.3) is 0 Å². The maximum absolute atomic E-state index is 4.93. The van der Waals surface area contributed by atoms with E-state index in [0.717, 1.165) is 13.2 Å². The molecule has 0 aliphatic rings. The average Bonchev–Trinajstić information content (AvgIpc) is 1.89. The highest BCUT2D eigenvalue weighted by atomic mass is 16.5. The zero-order chi connectivity index (χ0) is 7.98. The molecule has 0 fully saturated rings. The van der Waals surface area contributed by atoms with E-state index >= 15 is 0 Å². The summed E-state index contributed by atoms with van der Waals surface area (Å²) in [5.41, 5.74) is 0. The first kappa shape index (κ1) is 9.50. The number of ether oxygens (including phenoxy) is 1. The second-order valence-electron chi connectivity index (χ2n) is 2.51. The number of hydrogen-bond donors (Lipinski definition) is 0. The van der Waals surface area contributed by atoms with E-state index in [1.165, 1.54) is 0 Å². The van der Waals surface area contributed by atoms with Crippen LogP contribution in [0.25, 0.3) is 0 Å². The normalized spacial score (nSPS) is 10.0. The fourth-order valence-corrected chi connectivity index (χ4v) is 0.757. The molecule has 0 spiro atoms. The maximum Gasteiger partial charge on any atom is 0.0637 e. The Bertz CT molecular complexity index is 91.3. The number of rotatable bonds is 5.